The molecule has 38 heavy (non-hydrogen) atoms. The van der Waals surface area contributed by atoms with Crippen LogP contribution in [0.25, 0.3) is 0 Å². The second-order valence-electron chi connectivity index (χ2n) is 9.96. The monoisotopic (exact) mass is 534 g/mol. The molecule has 198 valence electrons. The Morgan fingerprint density at radius 3 is 2.76 bits per heavy atom. The van der Waals surface area contributed by atoms with Gasteiger partial charge in [0.2, 0.25) is 11.8 Å². The van der Waals surface area contributed by atoms with Gasteiger partial charge in [-0.25, -0.2) is 9.78 Å². The minimum atomic E-state index is -0.242. The standard InChI is InChI=1S/C27H30N6O4S/c1-16(34)32-14-4-5-17(15-32)30-25(35)24-23-22-20(11-13-29-26(22)38-24)33(27(36)31-23)18-7-9-19(10-8-18)37-21-6-2-3-12-28-21/h2-3,6-10,12,17,20,22,26,29H,4-5,11,13-15H2,1H3,(H,30,35)(H,31,36)/t17-,20?,22?,26?/m1/s1. The number of amides is 4. The molecule has 0 saturated carbocycles. The topological polar surface area (TPSA) is 116 Å². The van der Waals surface area contributed by atoms with Gasteiger partial charge >= 0.3 is 6.03 Å². The zero-order valence-electron chi connectivity index (χ0n) is 21.1. The van der Waals surface area contributed by atoms with E-state index in [0.717, 1.165) is 38.0 Å². The predicted octanol–water partition coefficient (Wildman–Crippen LogP) is 2.79. The average Bonchev–Trinajstić information content (AvgIpc) is 3.30. The van der Waals surface area contributed by atoms with Gasteiger partial charge < -0.3 is 25.6 Å². The van der Waals surface area contributed by atoms with Crippen LogP contribution in [0.1, 0.15) is 26.2 Å². The molecular formula is C27H30N6O4S. The number of ether oxygens (including phenoxy) is 1. The summed E-state index contributed by atoms with van der Waals surface area (Å²) in [5.41, 5.74) is 1.47. The number of anilines is 1. The van der Waals surface area contributed by atoms with Crippen LogP contribution in [0, 0.1) is 5.92 Å². The van der Waals surface area contributed by atoms with Crippen LogP contribution in [0.4, 0.5) is 10.5 Å². The van der Waals surface area contributed by atoms with E-state index in [2.05, 4.69) is 20.9 Å². The van der Waals surface area contributed by atoms with Crippen LogP contribution >= 0.6 is 11.8 Å². The average molecular weight is 535 g/mol. The largest absolute Gasteiger partial charge is 0.439 e. The maximum absolute atomic E-state index is 13.4. The van der Waals surface area contributed by atoms with Gasteiger partial charge in [0, 0.05) is 55.6 Å². The SMILES string of the molecule is CC(=O)N1CCC[C@@H](NC(=O)C2=C3NC(=O)N(c4ccc(Oc5ccccn5)cc4)C4CCNC(S2)C34)C1. The number of pyridine rings is 1. The lowest BCUT2D eigenvalue weighted by Crippen LogP contribution is -2.62. The number of hydrogen-bond acceptors (Lipinski definition) is 7. The van der Waals surface area contributed by atoms with Gasteiger partial charge in [-0.2, -0.15) is 0 Å². The van der Waals surface area contributed by atoms with Crippen molar-refractivity contribution in [1.29, 1.82) is 0 Å². The lowest BCUT2D eigenvalue weighted by atomic mass is 9.86. The van der Waals surface area contributed by atoms with E-state index in [0.29, 0.717) is 28.8 Å². The molecule has 4 aliphatic heterocycles. The number of urea groups is 1. The molecule has 3 N–H and O–H groups in total. The van der Waals surface area contributed by atoms with Crippen LogP contribution in [0.15, 0.2) is 59.3 Å². The molecule has 1 aromatic carbocycles. The van der Waals surface area contributed by atoms with Gasteiger partial charge in [-0.15, -0.1) is 0 Å². The Morgan fingerprint density at radius 1 is 1.16 bits per heavy atom. The molecule has 10 nitrogen and oxygen atoms in total. The lowest BCUT2D eigenvalue weighted by Gasteiger charge is -2.45. The minimum Gasteiger partial charge on any atom is -0.439 e. The summed E-state index contributed by atoms with van der Waals surface area (Å²) >= 11 is 1.49. The van der Waals surface area contributed by atoms with Gasteiger partial charge in [0.05, 0.1) is 16.3 Å². The predicted molar refractivity (Wildman–Crippen MR) is 143 cm³/mol. The van der Waals surface area contributed by atoms with Crippen molar-refractivity contribution in [2.75, 3.05) is 24.5 Å². The summed E-state index contributed by atoms with van der Waals surface area (Å²) < 4.78 is 5.80. The Balaban J connectivity index is 1.20. The van der Waals surface area contributed by atoms with E-state index in [1.165, 1.54) is 11.8 Å². The molecule has 6 rings (SSSR count). The van der Waals surface area contributed by atoms with Crippen LogP contribution in [0.3, 0.4) is 0 Å². The molecule has 4 aliphatic rings. The summed E-state index contributed by atoms with van der Waals surface area (Å²) in [5.74, 6) is 0.949. The molecule has 0 bridgehead atoms. The number of carbonyl (C=O) groups excluding carboxylic acids is 3. The first-order chi connectivity index (χ1) is 18.5. The highest BCUT2D eigenvalue weighted by Crippen LogP contribution is 2.48. The summed E-state index contributed by atoms with van der Waals surface area (Å²) in [6, 6.07) is 12.5. The second-order valence-corrected chi connectivity index (χ2v) is 11.1. The van der Waals surface area contributed by atoms with Gasteiger partial charge in [0.15, 0.2) is 0 Å². The van der Waals surface area contributed by atoms with Crippen LogP contribution in [-0.2, 0) is 9.59 Å². The van der Waals surface area contributed by atoms with Gasteiger partial charge in [-0.05, 0) is 56.1 Å². The third-order valence-electron chi connectivity index (χ3n) is 7.52. The molecule has 11 heteroatoms. The van der Waals surface area contributed by atoms with Crippen molar-refractivity contribution in [2.24, 2.45) is 5.92 Å². The zero-order valence-corrected chi connectivity index (χ0v) is 21.9. The summed E-state index contributed by atoms with van der Waals surface area (Å²) in [4.78, 5) is 46.9. The first-order valence-corrected chi connectivity index (χ1v) is 13.9. The highest BCUT2D eigenvalue weighted by atomic mass is 32.2. The van der Waals surface area contributed by atoms with Crippen LogP contribution in [0.5, 0.6) is 11.6 Å². The number of carbonyl (C=O) groups is 3. The van der Waals surface area contributed by atoms with Crippen LogP contribution in [-0.4, -0.2) is 64.8 Å². The van der Waals surface area contributed by atoms with Gasteiger partial charge in [-0.1, -0.05) is 17.8 Å². The molecule has 0 spiro atoms. The van der Waals surface area contributed by atoms with E-state index in [4.69, 9.17) is 4.74 Å². The van der Waals surface area contributed by atoms with E-state index >= 15 is 0 Å². The summed E-state index contributed by atoms with van der Waals surface area (Å²) in [6.45, 7) is 3.55. The van der Waals surface area contributed by atoms with E-state index in [-0.39, 0.29) is 41.2 Å². The van der Waals surface area contributed by atoms with E-state index < -0.39 is 0 Å². The fourth-order valence-corrected chi connectivity index (χ4v) is 7.16. The van der Waals surface area contributed by atoms with Crippen LogP contribution < -0.4 is 25.6 Å². The molecule has 4 atom stereocenters. The fraction of sp³-hybridized carbons (Fsp3) is 0.407. The Hall–Kier alpha value is -3.57. The van der Waals surface area contributed by atoms with Crippen LogP contribution in [0.2, 0.25) is 0 Å². The normalized spacial score (nSPS) is 26.5. The number of nitrogens with one attached hydrogen (secondary N) is 3. The molecule has 3 saturated heterocycles. The molecule has 3 unspecified atom stereocenters. The van der Waals surface area contributed by atoms with Crippen molar-refractivity contribution in [3.63, 3.8) is 0 Å². The number of thioether (sulfide) groups is 1. The molecular weight excluding hydrogens is 504 g/mol. The molecule has 3 fully saturated rings. The Morgan fingerprint density at radius 2 is 2.00 bits per heavy atom. The summed E-state index contributed by atoms with van der Waals surface area (Å²) in [5, 5.41) is 9.69. The lowest BCUT2D eigenvalue weighted by molar-refractivity contribution is -0.131. The van der Waals surface area contributed by atoms with E-state index in [1.54, 1.807) is 29.0 Å². The molecule has 1 aromatic heterocycles. The van der Waals surface area contributed by atoms with Gasteiger partial charge in [-0.3, -0.25) is 14.5 Å². The summed E-state index contributed by atoms with van der Waals surface area (Å²) in [7, 11) is 0. The van der Waals surface area contributed by atoms with Crippen molar-refractivity contribution in [2.45, 2.75) is 43.6 Å². The quantitative estimate of drug-likeness (QED) is 0.540. The minimum absolute atomic E-state index is 0.000523. The number of benzene rings is 1. The number of likely N-dealkylation sites (tertiary alicyclic amines) is 1. The number of nitrogens with zero attached hydrogens (tertiary/aromatic N) is 3. The van der Waals surface area contributed by atoms with Gasteiger partial charge in [0.25, 0.3) is 5.91 Å². The summed E-state index contributed by atoms with van der Waals surface area (Å²) in [6.07, 6.45) is 4.13. The van der Waals surface area contributed by atoms with Crippen molar-refractivity contribution in [1.82, 2.24) is 25.8 Å². The number of rotatable bonds is 5. The highest BCUT2D eigenvalue weighted by Gasteiger charge is 2.51. The van der Waals surface area contributed by atoms with Crippen molar-refractivity contribution < 1.29 is 19.1 Å². The fourth-order valence-electron chi connectivity index (χ4n) is 5.76. The number of piperidine rings is 2. The molecule has 5 heterocycles. The third kappa shape index (κ3) is 4.71. The van der Waals surface area contributed by atoms with Crippen molar-refractivity contribution >= 4 is 35.3 Å². The van der Waals surface area contributed by atoms with Crippen molar-refractivity contribution in [3.8, 4) is 11.6 Å². The smallest absolute Gasteiger partial charge is 0.326 e. The Bertz CT molecular complexity index is 1270. The molecule has 0 radical (unpaired) electrons. The second kappa shape index (κ2) is 10.3. The van der Waals surface area contributed by atoms with Crippen molar-refractivity contribution in [3.05, 3.63) is 59.3 Å². The molecule has 0 aliphatic carbocycles. The Labute approximate surface area is 225 Å². The highest BCUT2D eigenvalue weighted by molar-refractivity contribution is 8.04. The van der Waals surface area contributed by atoms with Gasteiger partial charge in [0.1, 0.15) is 5.75 Å². The molecule has 2 aromatic rings. The maximum Gasteiger partial charge on any atom is 0.326 e. The Kier molecular flexibility index (Phi) is 6.71. The zero-order chi connectivity index (χ0) is 26.2. The third-order valence-corrected chi connectivity index (χ3v) is 8.88. The number of aromatic nitrogens is 1. The van der Waals surface area contributed by atoms with E-state index in [9.17, 15) is 14.4 Å². The van der Waals surface area contributed by atoms with E-state index in [1.807, 2.05) is 36.4 Å². The maximum atomic E-state index is 13.4. The first-order valence-electron chi connectivity index (χ1n) is 13.0. The first kappa shape index (κ1) is 24.7. The molecule has 4 amide bonds. The number of hydrogen-bond donors (Lipinski definition) is 3.